The second kappa shape index (κ2) is 9.46. The number of rotatable bonds is 6. The smallest absolute Gasteiger partial charge is 0.332 e. The van der Waals surface area contributed by atoms with Crippen LogP contribution in [0.1, 0.15) is 16.7 Å². The van der Waals surface area contributed by atoms with Crippen molar-refractivity contribution in [3.63, 3.8) is 0 Å². The van der Waals surface area contributed by atoms with Crippen molar-refractivity contribution in [2.75, 3.05) is 12.4 Å². The van der Waals surface area contributed by atoms with E-state index < -0.39 is 11.2 Å². The van der Waals surface area contributed by atoms with Crippen LogP contribution in [-0.2, 0) is 24.9 Å². The first-order valence-electron chi connectivity index (χ1n) is 12.0. The molecule has 0 saturated carbocycles. The molecule has 3 aromatic carbocycles. The van der Waals surface area contributed by atoms with Gasteiger partial charge in [0, 0.05) is 18.1 Å². The number of methoxy groups -OCH3 is 1. The fourth-order valence-electron chi connectivity index (χ4n) is 4.89. The van der Waals surface area contributed by atoms with E-state index in [4.69, 9.17) is 4.74 Å². The minimum atomic E-state index is -0.548. The van der Waals surface area contributed by atoms with Crippen molar-refractivity contribution in [1.29, 1.82) is 0 Å². The molecule has 2 aromatic heterocycles. The van der Waals surface area contributed by atoms with Gasteiger partial charge in [0.1, 0.15) is 17.8 Å². The zero-order valence-corrected chi connectivity index (χ0v) is 21.2. The highest BCUT2D eigenvalue weighted by Crippen LogP contribution is 2.29. The van der Waals surface area contributed by atoms with Crippen molar-refractivity contribution >= 4 is 33.5 Å². The van der Waals surface area contributed by atoms with E-state index in [2.05, 4.69) is 5.32 Å². The Balaban J connectivity index is 1.74. The van der Waals surface area contributed by atoms with Crippen molar-refractivity contribution in [1.82, 2.24) is 13.7 Å². The molecule has 0 unspecified atom stereocenters. The molecule has 8 nitrogen and oxygen atoms in total. The zero-order valence-electron chi connectivity index (χ0n) is 21.2. The average Bonchev–Trinajstić information content (AvgIpc) is 3.19. The van der Waals surface area contributed by atoms with Crippen LogP contribution in [0.15, 0.2) is 76.3 Å². The molecule has 0 spiro atoms. The molecular weight excluding hydrogens is 468 g/mol. The Morgan fingerprint density at radius 1 is 0.892 bits per heavy atom. The number of anilines is 1. The summed E-state index contributed by atoms with van der Waals surface area (Å²) in [7, 11) is 3.35. The van der Waals surface area contributed by atoms with E-state index in [9.17, 15) is 14.4 Å². The first kappa shape index (κ1) is 24.1. The summed E-state index contributed by atoms with van der Waals surface area (Å²) in [6.45, 7) is 3.68. The van der Waals surface area contributed by atoms with E-state index in [0.29, 0.717) is 27.9 Å². The Labute approximate surface area is 213 Å². The van der Waals surface area contributed by atoms with Crippen LogP contribution in [0.25, 0.3) is 21.9 Å². The van der Waals surface area contributed by atoms with Crippen molar-refractivity contribution < 1.29 is 9.53 Å². The van der Waals surface area contributed by atoms with Crippen LogP contribution in [0.2, 0.25) is 0 Å². The summed E-state index contributed by atoms with van der Waals surface area (Å²) in [4.78, 5) is 40.9. The summed E-state index contributed by atoms with van der Waals surface area (Å²) in [6, 6.07) is 20.5. The number of aromatic nitrogens is 3. The average molecular weight is 497 g/mol. The molecular formula is C29H28N4O4. The molecule has 0 radical (unpaired) electrons. The molecule has 0 saturated heterocycles. The normalized spacial score (nSPS) is 11.2. The lowest BCUT2D eigenvalue weighted by Gasteiger charge is -2.15. The maximum atomic E-state index is 13.8. The largest absolute Gasteiger partial charge is 0.497 e. The maximum absolute atomic E-state index is 13.8. The topological polar surface area (TPSA) is 87.3 Å². The highest BCUT2D eigenvalue weighted by Gasteiger charge is 2.22. The molecule has 5 rings (SSSR count). The first-order chi connectivity index (χ1) is 17.8. The lowest BCUT2D eigenvalue weighted by Crippen LogP contribution is -2.42. The van der Waals surface area contributed by atoms with Gasteiger partial charge in [-0.3, -0.25) is 18.7 Å². The molecule has 5 aromatic rings. The standard InChI is InChI=1S/C29H28N4O4/c1-18-9-8-10-19(2)25(18)30-24(34)17-32-26-22-15-21(37-4)13-14-23(22)31(3)27(26)28(35)33(29(32)36)16-20-11-6-5-7-12-20/h5-15H,16-17H2,1-4H3,(H,30,34). The van der Waals surface area contributed by atoms with E-state index in [1.807, 2.05) is 68.4 Å². The number of carbonyl (C=O) groups is 1. The zero-order chi connectivity index (χ0) is 26.3. The Morgan fingerprint density at radius 2 is 1.59 bits per heavy atom. The molecule has 0 bridgehead atoms. The third kappa shape index (κ3) is 4.20. The highest BCUT2D eigenvalue weighted by molar-refractivity contribution is 6.07. The Hall–Kier alpha value is -4.59. The lowest BCUT2D eigenvalue weighted by atomic mass is 10.1. The number of fused-ring (bicyclic) bond motifs is 3. The van der Waals surface area contributed by atoms with Crippen molar-refractivity contribution in [2.45, 2.75) is 26.9 Å². The molecule has 188 valence electrons. The molecule has 0 aliphatic rings. The van der Waals surface area contributed by atoms with Gasteiger partial charge in [0.15, 0.2) is 0 Å². The summed E-state index contributed by atoms with van der Waals surface area (Å²) in [6.07, 6.45) is 0. The molecule has 0 fully saturated rings. The van der Waals surface area contributed by atoms with E-state index in [1.165, 1.54) is 9.13 Å². The van der Waals surface area contributed by atoms with Crippen LogP contribution in [0, 0.1) is 13.8 Å². The Morgan fingerprint density at radius 3 is 2.27 bits per heavy atom. The van der Waals surface area contributed by atoms with Gasteiger partial charge in [0.2, 0.25) is 5.91 Å². The SMILES string of the molecule is COc1ccc2c(c1)c1c(c(=O)n(Cc3ccccc3)c(=O)n1CC(=O)Nc1c(C)cccc1C)n2C. The van der Waals surface area contributed by atoms with Crippen LogP contribution in [-0.4, -0.2) is 26.7 Å². The number of hydrogen-bond donors (Lipinski definition) is 1. The number of amides is 1. The Bertz CT molecular complexity index is 1760. The van der Waals surface area contributed by atoms with E-state index in [-0.39, 0.29) is 19.0 Å². The van der Waals surface area contributed by atoms with Gasteiger partial charge >= 0.3 is 5.69 Å². The second-order valence-corrected chi connectivity index (χ2v) is 9.20. The van der Waals surface area contributed by atoms with E-state index in [1.54, 1.807) is 30.9 Å². The summed E-state index contributed by atoms with van der Waals surface area (Å²) in [5, 5.41) is 3.63. The third-order valence-electron chi connectivity index (χ3n) is 6.79. The molecule has 8 heteroatoms. The quantitative estimate of drug-likeness (QED) is 0.385. The van der Waals surface area contributed by atoms with E-state index >= 15 is 0 Å². The van der Waals surface area contributed by atoms with Gasteiger partial charge in [-0.05, 0) is 48.7 Å². The number of ether oxygens (including phenoxy) is 1. The number of carbonyl (C=O) groups excluding carboxylic acids is 1. The van der Waals surface area contributed by atoms with Crippen LogP contribution in [0.3, 0.4) is 0 Å². The monoisotopic (exact) mass is 496 g/mol. The lowest BCUT2D eigenvalue weighted by molar-refractivity contribution is -0.116. The third-order valence-corrected chi connectivity index (χ3v) is 6.79. The molecule has 2 heterocycles. The first-order valence-corrected chi connectivity index (χ1v) is 12.0. The molecule has 0 aliphatic heterocycles. The van der Waals surface area contributed by atoms with Crippen LogP contribution in [0.5, 0.6) is 5.75 Å². The number of benzene rings is 3. The van der Waals surface area contributed by atoms with E-state index in [0.717, 1.165) is 22.2 Å². The number of nitrogens with one attached hydrogen (secondary N) is 1. The highest BCUT2D eigenvalue weighted by atomic mass is 16.5. The minimum Gasteiger partial charge on any atom is -0.497 e. The Kier molecular flexibility index (Phi) is 6.17. The maximum Gasteiger partial charge on any atom is 0.332 e. The van der Waals surface area contributed by atoms with Gasteiger partial charge in [-0.25, -0.2) is 4.79 Å². The molecule has 37 heavy (non-hydrogen) atoms. The number of hydrogen-bond acceptors (Lipinski definition) is 4. The second-order valence-electron chi connectivity index (χ2n) is 9.20. The van der Waals surface area contributed by atoms with Gasteiger partial charge in [-0.2, -0.15) is 0 Å². The van der Waals surface area contributed by atoms with Gasteiger partial charge in [0.05, 0.1) is 24.7 Å². The molecule has 1 amide bonds. The number of nitrogens with zero attached hydrogens (tertiary/aromatic N) is 3. The summed E-state index contributed by atoms with van der Waals surface area (Å²) in [5.74, 6) is 0.234. The van der Waals surface area contributed by atoms with Crippen molar-refractivity contribution in [3.8, 4) is 5.75 Å². The van der Waals surface area contributed by atoms with Crippen LogP contribution < -0.4 is 21.3 Å². The van der Waals surface area contributed by atoms with Gasteiger partial charge in [0.25, 0.3) is 5.56 Å². The molecule has 0 atom stereocenters. The fraction of sp³-hybridized carbons (Fsp3) is 0.207. The van der Waals surface area contributed by atoms with Crippen LogP contribution >= 0.6 is 0 Å². The van der Waals surface area contributed by atoms with Crippen LogP contribution in [0.4, 0.5) is 5.69 Å². The summed E-state index contributed by atoms with van der Waals surface area (Å²) >= 11 is 0. The summed E-state index contributed by atoms with van der Waals surface area (Å²) < 4.78 is 9.77. The predicted molar refractivity (Wildman–Crippen MR) is 146 cm³/mol. The minimum absolute atomic E-state index is 0.0951. The van der Waals surface area contributed by atoms with Gasteiger partial charge in [-0.1, -0.05) is 48.5 Å². The van der Waals surface area contributed by atoms with Gasteiger partial charge < -0.3 is 14.6 Å². The molecule has 1 N–H and O–H groups in total. The number of para-hydroxylation sites is 1. The van der Waals surface area contributed by atoms with Crippen molar-refractivity contribution in [3.05, 3.63) is 104 Å². The number of aryl methyl sites for hydroxylation is 3. The molecule has 0 aliphatic carbocycles. The summed E-state index contributed by atoms with van der Waals surface area (Å²) in [5.41, 5.74) is 3.94. The fourth-order valence-corrected chi connectivity index (χ4v) is 4.89. The predicted octanol–water partition coefficient (Wildman–Crippen LogP) is 3.97. The van der Waals surface area contributed by atoms with Crippen molar-refractivity contribution in [2.24, 2.45) is 7.05 Å². The van der Waals surface area contributed by atoms with Gasteiger partial charge in [-0.15, -0.1) is 0 Å².